The molecule has 1 aliphatic rings. The maximum absolute atomic E-state index is 12.7. The number of hydrogen-bond donors (Lipinski definition) is 1. The predicted octanol–water partition coefficient (Wildman–Crippen LogP) is 0.927. The van der Waals surface area contributed by atoms with Crippen molar-refractivity contribution < 1.29 is 9.21 Å². The van der Waals surface area contributed by atoms with Crippen LogP contribution in [-0.4, -0.2) is 31.9 Å². The molecule has 0 aliphatic carbocycles. The molecular formula is C18H16N4O4. The summed E-state index contributed by atoms with van der Waals surface area (Å²) in [6.45, 7) is 0.671. The van der Waals surface area contributed by atoms with Gasteiger partial charge in [0.05, 0.1) is 6.54 Å². The average Bonchev–Trinajstić information content (AvgIpc) is 3.08. The molecule has 3 aromatic rings. The Hall–Kier alpha value is -3.42. The number of benzene rings is 1. The Morgan fingerprint density at radius 2 is 2.00 bits per heavy atom. The van der Waals surface area contributed by atoms with Crippen molar-refractivity contribution in [1.82, 2.24) is 19.4 Å². The van der Waals surface area contributed by atoms with E-state index in [0.29, 0.717) is 24.6 Å². The molecule has 0 unspecified atom stereocenters. The van der Waals surface area contributed by atoms with Crippen LogP contribution >= 0.6 is 0 Å². The first-order valence-corrected chi connectivity index (χ1v) is 8.16. The number of aromatic amines is 1. The van der Waals surface area contributed by atoms with Gasteiger partial charge in [0.25, 0.3) is 11.5 Å². The van der Waals surface area contributed by atoms with Gasteiger partial charge in [0.15, 0.2) is 0 Å². The normalized spacial score (nSPS) is 13.5. The van der Waals surface area contributed by atoms with Crippen molar-refractivity contribution in [2.24, 2.45) is 7.05 Å². The van der Waals surface area contributed by atoms with Crippen molar-refractivity contribution in [3.63, 3.8) is 0 Å². The van der Waals surface area contributed by atoms with E-state index in [0.717, 1.165) is 11.3 Å². The molecule has 4 rings (SSSR count). The Kier molecular flexibility index (Phi) is 3.80. The highest BCUT2D eigenvalue weighted by Gasteiger charge is 2.28. The standard InChI is InChI=1S/C18H16N4O4/c1-21-9-12(15(23)20-18(21)25)17(24)22-8-7-14-13(10-22)19-16(26-14)11-5-3-2-4-6-11/h2-6,9H,7-8,10H2,1H3,(H,20,23,25). The van der Waals surface area contributed by atoms with Crippen LogP contribution in [0.25, 0.3) is 11.5 Å². The number of H-pyrrole nitrogens is 1. The average molecular weight is 352 g/mol. The SMILES string of the molecule is Cn1cc(C(=O)N2CCc3oc(-c4ccccc4)nc3C2)c(=O)[nH]c1=O. The van der Waals surface area contributed by atoms with Gasteiger partial charge in [-0.3, -0.25) is 14.6 Å². The largest absolute Gasteiger partial charge is 0.441 e. The maximum Gasteiger partial charge on any atom is 0.328 e. The second-order valence-electron chi connectivity index (χ2n) is 6.14. The van der Waals surface area contributed by atoms with E-state index in [9.17, 15) is 14.4 Å². The molecule has 1 amide bonds. The van der Waals surface area contributed by atoms with Crippen LogP contribution in [0.15, 0.2) is 50.5 Å². The lowest BCUT2D eigenvalue weighted by molar-refractivity contribution is 0.0725. The van der Waals surface area contributed by atoms with Crippen LogP contribution in [0.5, 0.6) is 0 Å². The van der Waals surface area contributed by atoms with Gasteiger partial charge in [-0.2, -0.15) is 0 Å². The molecule has 1 N–H and O–H groups in total. The number of carbonyl (C=O) groups is 1. The summed E-state index contributed by atoms with van der Waals surface area (Å²) in [6.07, 6.45) is 1.78. The summed E-state index contributed by atoms with van der Waals surface area (Å²) in [7, 11) is 1.48. The Balaban J connectivity index is 1.62. The van der Waals surface area contributed by atoms with Gasteiger partial charge < -0.3 is 13.9 Å². The number of nitrogens with zero attached hydrogens (tertiary/aromatic N) is 3. The molecule has 26 heavy (non-hydrogen) atoms. The molecule has 3 heterocycles. The number of amides is 1. The van der Waals surface area contributed by atoms with Crippen LogP contribution in [0, 0.1) is 0 Å². The smallest absolute Gasteiger partial charge is 0.328 e. The quantitative estimate of drug-likeness (QED) is 0.739. The lowest BCUT2D eigenvalue weighted by atomic mass is 10.1. The monoisotopic (exact) mass is 352 g/mol. The summed E-state index contributed by atoms with van der Waals surface area (Å²) in [5.74, 6) is 0.837. The molecule has 8 nitrogen and oxygen atoms in total. The Bertz CT molecular complexity index is 1090. The second kappa shape index (κ2) is 6.14. The second-order valence-corrected chi connectivity index (χ2v) is 6.14. The van der Waals surface area contributed by atoms with Crippen molar-refractivity contribution >= 4 is 5.91 Å². The van der Waals surface area contributed by atoms with Crippen LogP contribution in [0.4, 0.5) is 0 Å². The number of aromatic nitrogens is 3. The molecule has 8 heteroatoms. The van der Waals surface area contributed by atoms with Crippen LogP contribution in [-0.2, 0) is 20.0 Å². The zero-order chi connectivity index (χ0) is 18.3. The van der Waals surface area contributed by atoms with E-state index in [4.69, 9.17) is 4.42 Å². The van der Waals surface area contributed by atoms with Gasteiger partial charge in [-0.25, -0.2) is 9.78 Å². The van der Waals surface area contributed by atoms with Gasteiger partial charge in [-0.05, 0) is 12.1 Å². The lowest BCUT2D eigenvalue weighted by Crippen LogP contribution is -2.40. The van der Waals surface area contributed by atoms with Crippen molar-refractivity contribution in [2.45, 2.75) is 13.0 Å². The summed E-state index contributed by atoms with van der Waals surface area (Å²) in [6, 6.07) is 9.53. The Morgan fingerprint density at radius 3 is 2.77 bits per heavy atom. The summed E-state index contributed by atoms with van der Waals surface area (Å²) < 4.78 is 7.00. The summed E-state index contributed by atoms with van der Waals surface area (Å²) in [4.78, 5) is 44.3. The number of rotatable bonds is 2. The summed E-state index contributed by atoms with van der Waals surface area (Å²) >= 11 is 0. The molecule has 0 saturated heterocycles. The third kappa shape index (κ3) is 2.75. The Morgan fingerprint density at radius 1 is 1.23 bits per heavy atom. The van der Waals surface area contributed by atoms with E-state index in [1.54, 1.807) is 0 Å². The van der Waals surface area contributed by atoms with E-state index in [1.165, 1.54) is 22.7 Å². The minimum Gasteiger partial charge on any atom is -0.441 e. The van der Waals surface area contributed by atoms with E-state index in [2.05, 4.69) is 9.97 Å². The fraction of sp³-hybridized carbons (Fsp3) is 0.222. The van der Waals surface area contributed by atoms with Crippen molar-refractivity contribution in [3.05, 3.63) is 74.4 Å². The van der Waals surface area contributed by atoms with Crippen molar-refractivity contribution in [3.8, 4) is 11.5 Å². The first kappa shape index (κ1) is 16.1. The topological polar surface area (TPSA) is 101 Å². The number of aryl methyl sites for hydroxylation is 1. The number of carbonyl (C=O) groups excluding carboxylic acids is 1. The van der Waals surface area contributed by atoms with Gasteiger partial charge in [0.1, 0.15) is 17.0 Å². The molecule has 0 atom stereocenters. The maximum atomic E-state index is 12.7. The van der Waals surface area contributed by atoms with E-state index in [1.807, 2.05) is 30.3 Å². The minimum absolute atomic E-state index is 0.0673. The molecule has 0 spiro atoms. The highest BCUT2D eigenvalue weighted by Crippen LogP contribution is 2.26. The summed E-state index contributed by atoms with van der Waals surface area (Å²) in [5.41, 5.74) is 0.242. The van der Waals surface area contributed by atoms with Gasteiger partial charge >= 0.3 is 5.69 Å². The first-order valence-electron chi connectivity index (χ1n) is 8.16. The minimum atomic E-state index is -0.686. The fourth-order valence-corrected chi connectivity index (χ4v) is 2.96. The third-order valence-corrected chi connectivity index (χ3v) is 4.37. The lowest BCUT2D eigenvalue weighted by Gasteiger charge is -2.25. The third-order valence-electron chi connectivity index (χ3n) is 4.37. The number of nitrogens with one attached hydrogen (secondary N) is 1. The zero-order valence-electron chi connectivity index (χ0n) is 14.1. The zero-order valence-corrected chi connectivity index (χ0v) is 14.1. The van der Waals surface area contributed by atoms with Crippen molar-refractivity contribution in [1.29, 1.82) is 0 Å². The van der Waals surface area contributed by atoms with E-state index < -0.39 is 17.2 Å². The molecule has 1 aromatic carbocycles. The van der Waals surface area contributed by atoms with Crippen LogP contribution in [0.2, 0.25) is 0 Å². The highest BCUT2D eigenvalue weighted by molar-refractivity contribution is 5.93. The molecule has 0 saturated carbocycles. The van der Waals surface area contributed by atoms with Crippen LogP contribution in [0.3, 0.4) is 0 Å². The molecule has 0 fully saturated rings. The van der Waals surface area contributed by atoms with E-state index >= 15 is 0 Å². The molecule has 0 radical (unpaired) electrons. The van der Waals surface area contributed by atoms with E-state index in [-0.39, 0.29) is 12.1 Å². The van der Waals surface area contributed by atoms with Gasteiger partial charge in [0.2, 0.25) is 5.89 Å². The van der Waals surface area contributed by atoms with Gasteiger partial charge in [-0.1, -0.05) is 18.2 Å². The number of oxazole rings is 1. The van der Waals surface area contributed by atoms with Gasteiger partial charge in [-0.15, -0.1) is 0 Å². The summed E-state index contributed by atoms with van der Waals surface area (Å²) in [5, 5.41) is 0. The number of fused-ring (bicyclic) bond motifs is 1. The molecular weight excluding hydrogens is 336 g/mol. The molecule has 1 aliphatic heterocycles. The van der Waals surface area contributed by atoms with Gasteiger partial charge in [0, 0.05) is 31.8 Å². The van der Waals surface area contributed by atoms with Crippen LogP contribution in [0.1, 0.15) is 21.8 Å². The predicted molar refractivity (Wildman–Crippen MR) is 92.7 cm³/mol. The molecule has 132 valence electrons. The first-order chi connectivity index (χ1) is 12.5. The van der Waals surface area contributed by atoms with Crippen LogP contribution < -0.4 is 11.2 Å². The molecule has 2 aromatic heterocycles. The number of hydrogen-bond acceptors (Lipinski definition) is 5. The Labute approximate surface area is 147 Å². The highest BCUT2D eigenvalue weighted by atomic mass is 16.4. The fourth-order valence-electron chi connectivity index (χ4n) is 2.96. The van der Waals surface area contributed by atoms with Crippen molar-refractivity contribution in [2.75, 3.05) is 6.54 Å². The molecule has 0 bridgehead atoms.